The van der Waals surface area contributed by atoms with Crippen LogP contribution in [0, 0.1) is 0 Å². The summed E-state index contributed by atoms with van der Waals surface area (Å²) < 4.78 is 6.45. The fourth-order valence-electron chi connectivity index (χ4n) is 6.27. The Kier molecular flexibility index (Phi) is 5.72. The van der Waals surface area contributed by atoms with E-state index >= 15 is 0 Å². The van der Waals surface area contributed by atoms with Gasteiger partial charge in [0.25, 0.3) is 0 Å². The maximum Gasteiger partial charge on any atom is 0.139 e. The maximum absolute atomic E-state index is 6.45. The van der Waals surface area contributed by atoms with Crippen molar-refractivity contribution in [3.8, 4) is 11.1 Å². The summed E-state index contributed by atoms with van der Waals surface area (Å²) >= 11 is 0. The highest BCUT2D eigenvalue weighted by molar-refractivity contribution is 6.32. The lowest BCUT2D eigenvalue weighted by Gasteiger charge is -2.24. The lowest BCUT2D eigenvalue weighted by molar-refractivity contribution is 0.669. The van der Waals surface area contributed by atoms with Gasteiger partial charge in [-0.25, -0.2) is 9.97 Å². The van der Waals surface area contributed by atoms with E-state index in [1.807, 2.05) is 48.8 Å². The number of anilines is 3. The fraction of sp³-hybridized carbons (Fsp3) is 0. The molecule has 4 nitrogen and oxygen atoms in total. The normalized spacial score (nSPS) is 11.6. The monoisotopic (exact) mass is 573 g/mol. The first kappa shape index (κ1) is 25.6. The Labute approximate surface area is 260 Å². The standard InChI is InChI=1S/C40H24BN3O/c41-33-13-11-25(12-14-33)29-9-10-30-21-40(43-24-32(30)17-29)44(39-20-28-7-3-4-8-31(28)23-42-39)34-15-16-35-36-18-26-5-1-2-6-27(26)19-37(36)45-38(35)22-34/h1-24H. The highest BCUT2D eigenvalue weighted by atomic mass is 16.3. The van der Waals surface area contributed by atoms with Crippen molar-refractivity contribution < 1.29 is 4.42 Å². The molecule has 0 saturated carbocycles. The smallest absolute Gasteiger partial charge is 0.139 e. The molecule has 45 heavy (non-hydrogen) atoms. The van der Waals surface area contributed by atoms with Crippen molar-refractivity contribution in [3.05, 3.63) is 146 Å². The number of fused-ring (bicyclic) bond motifs is 6. The Bertz CT molecular complexity index is 2570. The van der Waals surface area contributed by atoms with Crippen molar-refractivity contribution in [2.45, 2.75) is 0 Å². The van der Waals surface area contributed by atoms with Crippen LogP contribution in [0.15, 0.2) is 150 Å². The summed E-state index contributed by atoms with van der Waals surface area (Å²) in [5, 5.41) is 8.87. The number of aromatic nitrogens is 2. The van der Waals surface area contributed by atoms with Crippen LogP contribution in [0.1, 0.15) is 0 Å². The van der Waals surface area contributed by atoms with Gasteiger partial charge in [0, 0.05) is 40.0 Å². The third-order valence-electron chi connectivity index (χ3n) is 8.61. The molecule has 3 heterocycles. The fourth-order valence-corrected chi connectivity index (χ4v) is 6.27. The molecule has 0 atom stereocenters. The average Bonchev–Trinajstić information content (AvgIpc) is 3.44. The Morgan fingerprint density at radius 2 is 1.07 bits per heavy atom. The molecular formula is C40H24BN3O. The highest BCUT2D eigenvalue weighted by Gasteiger charge is 2.19. The molecule has 0 unspecified atom stereocenters. The zero-order valence-corrected chi connectivity index (χ0v) is 24.2. The summed E-state index contributed by atoms with van der Waals surface area (Å²) in [5.74, 6) is 1.55. The SMILES string of the molecule is [B]c1ccc(-c2ccc3cc(N(c4ccc5c(c4)oc4cc6ccccc6cc45)c4cc5ccccc5cn4)ncc3c2)cc1. The zero-order valence-electron chi connectivity index (χ0n) is 24.2. The van der Waals surface area contributed by atoms with Crippen LogP contribution in [-0.2, 0) is 0 Å². The topological polar surface area (TPSA) is 42.2 Å². The quantitative estimate of drug-likeness (QED) is 0.197. The Morgan fingerprint density at radius 1 is 0.467 bits per heavy atom. The van der Waals surface area contributed by atoms with E-state index in [1.54, 1.807) is 0 Å². The first-order valence-corrected chi connectivity index (χ1v) is 14.9. The van der Waals surface area contributed by atoms with E-state index in [0.29, 0.717) is 0 Å². The number of nitrogens with zero attached hydrogens (tertiary/aromatic N) is 3. The van der Waals surface area contributed by atoms with Crippen LogP contribution in [0.2, 0.25) is 0 Å². The van der Waals surface area contributed by atoms with Gasteiger partial charge in [0.2, 0.25) is 0 Å². The Hall–Kier alpha value is -5.94. The molecule has 0 N–H and O–H groups in total. The molecule has 0 aliphatic rings. The largest absolute Gasteiger partial charge is 0.456 e. The molecule has 208 valence electrons. The molecule has 5 heteroatoms. The van der Waals surface area contributed by atoms with Crippen molar-refractivity contribution in [2.75, 3.05) is 4.90 Å². The third-order valence-corrected chi connectivity index (χ3v) is 8.61. The Morgan fingerprint density at radius 3 is 1.82 bits per heavy atom. The first-order valence-electron chi connectivity index (χ1n) is 14.9. The van der Waals surface area contributed by atoms with Crippen molar-refractivity contribution >= 4 is 84.9 Å². The van der Waals surface area contributed by atoms with E-state index in [9.17, 15) is 0 Å². The van der Waals surface area contributed by atoms with E-state index in [2.05, 4.69) is 102 Å². The summed E-state index contributed by atoms with van der Waals surface area (Å²) in [5.41, 5.74) is 5.59. The molecule has 0 spiro atoms. The van der Waals surface area contributed by atoms with E-state index in [0.717, 1.165) is 82.8 Å². The molecule has 0 aliphatic heterocycles. The van der Waals surface area contributed by atoms with E-state index in [1.165, 1.54) is 5.39 Å². The van der Waals surface area contributed by atoms with Gasteiger partial charge in [0.1, 0.15) is 30.6 Å². The van der Waals surface area contributed by atoms with Crippen molar-refractivity contribution in [3.63, 3.8) is 0 Å². The van der Waals surface area contributed by atoms with Crippen LogP contribution < -0.4 is 10.4 Å². The minimum atomic E-state index is 0.752. The highest BCUT2D eigenvalue weighted by Crippen LogP contribution is 2.39. The van der Waals surface area contributed by atoms with Gasteiger partial charge in [-0.1, -0.05) is 90.4 Å². The van der Waals surface area contributed by atoms with Gasteiger partial charge in [-0.2, -0.15) is 0 Å². The number of hydrogen-bond donors (Lipinski definition) is 0. The molecule has 2 radical (unpaired) electrons. The summed E-state index contributed by atoms with van der Waals surface area (Å²) in [4.78, 5) is 12.0. The lowest BCUT2D eigenvalue weighted by atomic mass is 9.93. The Balaban J connectivity index is 1.20. The van der Waals surface area contributed by atoms with Crippen LogP contribution in [0.25, 0.3) is 65.4 Å². The predicted octanol–water partition coefficient (Wildman–Crippen LogP) is 9.77. The third kappa shape index (κ3) is 4.40. The molecule has 0 saturated heterocycles. The van der Waals surface area contributed by atoms with E-state index in [4.69, 9.17) is 22.2 Å². The second-order valence-corrected chi connectivity index (χ2v) is 11.4. The second-order valence-electron chi connectivity index (χ2n) is 11.4. The summed E-state index contributed by atoms with van der Waals surface area (Å²) in [6.07, 6.45) is 3.85. The van der Waals surface area contributed by atoms with Crippen LogP contribution in [0.3, 0.4) is 0 Å². The van der Waals surface area contributed by atoms with Crippen LogP contribution in [0.5, 0.6) is 0 Å². The number of rotatable bonds is 4. The molecular weight excluding hydrogens is 549 g/mol. The van der Waals surface area contributed by atoms with E-state index < -0.39 is 0 Å². The zero-order chi connectivity index (χ0) is 29.9. The van der Waals surface area contributed by atoms with E-state index in [-0.39, 0.29) is 0 Å². The van der Waals surface area contributed by atoms with Gasteiger partial charge in [-0.15, -0.1) is 0 Å². The van der Waals surface area contributed by atoms with Gasteiger partial charge in [0.05, 0.1) is 5.69 Å². The average molecular weight is 573 g/mol. The van der Waals surface area contributed by atoms with Crippen molar-refractivity contribution in [1.29, 1.82) is 0 Å². The first-order chi connectivity index (χ1) is 22.2. The molecule has 9 rings (SSSR count). The lowest BCUT2D eigenvalue weighted by Crippen LogP contribution is -2.13. The molecule has 0 bridgehead atoms. The summed E-state index contributed by atoms with van der Waals surface area (Å²) in [6, 6.07) is 46.0. The molecule has 0 fully saturated rings. The number of benzene rings is 6. The van der Waals surface area contributed by atoms with Gasteiger partial charge in [-0.3, -0.25) is 4.90 Å². The minimum absolute atomic E-state index is 0.752. The molecule has 0 aliphatic carbocycles. The maximum atomic E-state index is 6.45. The predicted molar refractivity (Wildman–Crippen MR) is 187 cm³/mol. The molecule has 3 aromatic heterocycles. The van der Waals surface area contributed by atoms with Gasteiger partial charge < -0.3 is 4.42 Å². The van der Waals surface area contributed by atoms with Crippen molar-refractivity contribution in [1.82, 2.24) is 9.97 Å². The summed E-state index contributed by atoms with van der Waals surface area (Å²) in [7, 11) is 5.91. The number of furan rings is 1. The van der Waals surface area contributed by atoms with Gasteiger partial charge >= 0.3 is 0 Å². The van der Waals surface area contributed by atoms with Gasteiger partial charge in [-0.05, 0) is 75.1 Å². The molecule has 9 aromatic rings. The summed E-state index contributed by atoms with van der Waals surface area (Å²) in [6.45, 7) is 0. The second kappa shape index (κ2) is 10.1. The number of hydrogen-bond acceptors (Lipinski definition) is 4. The van der Waals surface area contributed by atoms with Crippen LogP contribution in [0.4, 0.5) is 17.3 Å². The van der Waals surface area contributed by atoms with Crippen LogP contribution in [-0.4, -0.2) is 17.8 Å². The number of pyridine rings is 2. The molecule has 0 amide bonds. The minimum Gasteiger partial charge on any atom is -0.456 e. The van der Waals surface area contributed by atoms with Crippen molar-refractivity contribution in [2.24, 2.45) is 0 Å². The molecule has 6 aromatic carbocycles. The van der Waals surface area contributed by atoms with Gasteiger partial charge in [0.15, 0.2) is 0 Å². The van der Waals surface area contributed by atoms with Crippen LogP contribution >= 0.6 is 0 Å².